The number of rotatable bonds is 3. The molecule has 0 aliphatic carbocycles. The van der Waals surface area contributed by atoms with Crippen molar-refractivity contribution in [3.63, 3.8) is 0 Å². The molecular formula is C13H18N2O. The zero-order valence-corrected chi connectivity index (χ0v) is 9.57. The molecule has 86 valence electrons. The Morgan fingerprint density at radius 1 is 1.44 bits per heavy atom. The average molecular weight is 218 g/mol. The van der Waals surface area contributed by atoms with Gasteiger partial charge < -0.3 is 11.1 Å². The quantitative estimate of drug-likeness (QED) is 0.599. The summed E-state index contributed by atoms with van der Waals surface area (Å²) in [6.07, 6.45) is 1.10. The Hall–Kier alpha value is -1.35. The van der Waals surface area contributed by atoms with Crippen LogP contribution in [0.25, 0.3) is 0 Å². The molecule has 0 spiro atoms. The first-order valence-electron chi connectivity index (χ1n) is 5.79. The molecule has 1 aromatic rings. The summed E-state index contributed by atoms with van der Waals surface area (Å²) in [7, 11) is 0. The fourth-order valence-electron chi connectivity index (χ4n) is 2.23. The van der Waals surface area contributed by atoms with Crippen LogP contribution in [0.2, 0.25) is 0 Å². The molecule has 2 unspecified atom stereocenters. The van der Waals surface area contributed by atoms with Crippen LogP contribution in [0.4, 0.5) is 5.69 Å². The van der Waals surface area contributed by atoms with Gasteiger partial charge in [0.05, 0.1) is 0 Å². The van der Waals surface area contributed by atoms with Gasteiger partial charge in [-0.2, -0.15) is 0 Å². The molecular weight excluding hydrogens is 200 g/mol. The summed E-state index contributed by atoms with van der Waals surface area (Å²) in [4.78, 5) is 12.2. The monoisotopic (exact) mass is 218 g/mol. The van der Waals surface area contributed by atoms with Crippen LogP contribution in [0.5, 0.6) is 0 Å². The number of benzene rings is 1. The van der Waals surface area contributed by atoms with Crippen molar-refractivity contribution in [1.82, 2.24) is 5.32 Å². The molecule has 0 bridgehead atoms. The van der Waals surface area contributed by atoms with E-state index in [0.717, 1.165) is 25.1 Å². The Kier molecular flexibility index (Phi) is 3.25. The zero-order chi connectivity index (χ0) is 11.5. The summed E-state index contributed by atoms with van der Waals surface area (Å²) >= 11 is 0. The van der Waals surface area contributed by atoms with Gasteiger partial charge in [0.1, 0.15) is 0 Å². The van der Waals surface area contributed by atoms with Crippen LogP contribution in [0.3, 0.4) is 0 Å². The Morgan fingerprint density at radius 2 is 2.12 bits per heavy atom. The molecule has 1 heterocycles. The lowest BCUT2D eigenvalue weighted by atomic mass is 9.86. The minimum Gasteiger partial charge on any atom is -0.399 e. The van der Waals surface area contributed by atoms with Crippen LogP contribution < -0.4 is 11.1 Å². The first-order chi connectivity index (χ1) is 7.68. The molecule has 1 fully saturated rings. The number of hydrogen-bond donors (Lipinski definition) is 2. The molecule has 3 heteroatoms. The van der Waals surface area contributed by atoms with Gasteiger partial charge >= 0.3 is 0 Å². The van der Waals surface area contributed by atoms with Gasteiger partial charge in [-0.25, -0.2) is 0 Å². The van der Waals surface area contributed by atoms with Gasteiger partial charge in [0.2, 0.25) is 0 Å². The summed E-state index contributed by atoms with van der Waals surface area (Å²) < 4.78 is 0. The number of ketones is 1. The van der Waals surface area contributed by atoms with Crippen molar-refractivity contribution >= 4 is 11.5 Å². The van der Waals surface area contributed by atoms with E-state index in [1.165, 1.54) is 0 Å². The molecule has 0 amide bonds. The minimum absolute atomic E-state index is 0.0959. The van der Waals surface area contributed by atoms with Crippen LogP contribution in [-0.2, 0) is 0 Å². The smallest absolute Gasteiger partial charge is 0.165 e. The molecule has 16 heavy (non-hydrogen) atoms. The summed E-state index contributed by atoms with van der Waals surface area (Å²) in [5.41, 5.74) is 7.08. The number of nitrogens with one attached hydrogen (secondary N) is 1. The van der Waals surface area contributed by atoms with Crippen molar-refractivity contribution in [2.75, 3.05) is 18.8 Å². The number of anilines is 1. The van der Waals surface area contributed by atoms with E-state index in [2.05, 4.69) is 5.32 Å². The largest absolute Gasteiger partial charge is 0.399 e. The number of nitrogen functional groups attached to an aromatic ring is 1. The molecule has 3 nitrogen and oxygen atoms in total. The SMILES string of the molecule is CC(C(=O)c1ccc(N)cc1)C1CCNC1. The van der Waals surface area contributed by atoms with Gasteiger partial charge in [0, 0.05) is 17.2 Å². The Balaban J connectivity index is 2.08. The number of carbonyl (C=O) groups excluding carboxylic acids is 1. The van der Waals surface area contributed by atoms with Gasteiger partial charge in [0.15, 0.2) is 5.78 Å². The lowest BCUT2D eigenvalue weighted by Gasteiger charge is -2.16. The maximum atomic E-state index is 12.2. The van der Waals surface area contributed by atoms with Crippen molar-refractivity contribution < 1.29 is 4.79 Å². The highest BCUT2D eigenvalue weighted by Crippen LogP contribution is 2.22. The fourth-order valence-corrected chi connectivity index (χ4v) is 2.23. The van der Waals surface area contributed by atoms with E-state index in [4.69, 9.17) is 5.73 Å². The van der Waals surface area contributed by atoms with Crippen molar-refractivity contribution in [3.05, 3.63) is 29.8 Å². The van der Waals surface area contributed by atoms with E-state index in [0.29, 0.717) is 11.6 Å². The van der Waals surface area contributed by atoms with E-state index < -0.39 is 0 Å². The highest BCUT2D eigenvalue weighted by Gasteiger charge is 2.27. The third-order valence-corrected chi connectivity index (χ3v) is 3.41. The van der Waals surface area contributed by atoms with Crippen LogP contribution in [0, 0.1) is 11.8 Å². The van der Waals surface area contributed by atoms with Crippen molar-refractivity contribution in [1.29, 1.82) is 0 Å². The van der Waals surface area contributed by atoms with E-state index in [-0.39, 0.29) is 11.7 Å². The minimum atomic E-state index is 0.0959. The van der Waals surface area contributed by atoms with Crippen molar-refractivity contribution in [3.8, 4) is 0 Å². The maximum Gasteiger partial charge on any atom is 0.165 e. The highest BCUT2D eigenvalue weighted by atomic mass is 16.1. The van der Waals surface area contributed by atoms with Crippen LogP contribution in [0.15, 0.2) is 24.3 Å². The molecule has 0 radical (unpaired) electrons. The normalized spacial score (nSPS) is 21.9. The summed E-state index contributed by atoms with van der Waals surface area (Å²) in [6.45, 7) is 4.02. The van der Waals surface area contributed by atoms with Gasteiger partial charge in [-0.3, -0.25) is 4.79 Å². The standard InChI is InChI=1S/C13H18N2O/c1-9(11-6-7-15-8-11)13(16)10-2-4-12(14)5-3-10/h2-5,9,11,15H,6-8,14H2,1H3. The van der Waals surface area contributed by atoms with Crippen LogP contribution in [0.1, 0.15) is 23.7 Å². The number of nitrogens with two attached hydrogens (primary N) is 1. The summed E-state index contributed by atoms with van der Waals surface area (Å²) in [5, 5.41) is 3.30. The summed E-state index contributed by atoms with van der Waals surface area (Å²) in [6, 6.07) is 7.20. The first-order valence-corrected chi connectivity index (χ1v) is 5.79. The van der Waals surface area contributed by atoms with Gasteiger partial charge in [-0.1, -0.05) is 6.92 Å². The van der Waals surface area contributed by atoms with Crippen LogP contribution >= 0.6 is 0 Å². The molecule has 0 saturated carbocycles. The topological polar surface area (TPSA) is 55.1 Å². The third-order valence-electron chi connectivity index (χ3n) is 3.41. The number of Topliss-reactive ketones (excluding diaryl/α,β-unsaturated/α-hetero) is 1. The van der Waals surface area contributed by atoms with Crippen molar-refractivity contribution in [2.45, 2.75) is 13.3 Å². The molecule has 2 rings (SSSR count). The molecule has 1 aromatic carbocycles. The Labute approximate surface area is 96.0 Å². The van der Waals surface area contributed by atoms with Gasteiger partial charge in [-0.15, -0.1) is 0 Å². The van der Waals surface area contributed by atoms with E-state index in [9.17, 15) is 4.79 Å². The fraction of sp³-hybridized carbons (Fsp3) is 0.462. The molecule has 1 aliphatic rings. The molecule has 1 saturated heterocycles. The van der Waals surface area contributed by atoms with E-state index in [1.54, 1.807) is 12.1 Å². The number of hydrogen-bond acceptors (Lipinski definition) is 3. The second-order valence-corrected chi connectivity index (χ2v) is 4.53. The second kappa shape index (κ2) is 4.66. The zero-order valence-electron chi connectivity index (χ0n) is 9.57. The third kappa shape index (κ3) is 2.25. The van der Waals surface area contributed by atoms with Crippen LogP contribution in [-0.4, -0.2) is 18.9 Å². The average Bonchev–Trinajstić information content (AvgIpc) is 2.81. The molecule has 3 N–H and O–H groups in total. The van der Waals surface area contributed by atoms with E-state index >= 15 is 0 Å². The Bertz CT molecular complexity index is 366. The maximum absolute atomic E-state index is 12.2. The highest BCUT2D eigenvalue weighted by molar-refractivity contribution is 5.98. The molecule has 2 atom stereocenters. The Morgan fingerprint density at radius 3 is 2.69 bits per heavy atom. The van der Waals surface area contributed by atoms with Gasteiger partial charge in [-0.05, 0) is 49.7 Å². The predicted octanol–water partition coefficient (Wildman–Crippen LogP) is 1.70. The van der Waals surface area contributed by atoms with Crippen molar-refractivity contribution in [2.24, 2.45) is 11.8 Å². The van der Waals surface area contributed by atoms with Gasteiger partial charge in [0.25, 0.3) is 0 Å². The number of carbonyl (C=O) groups is 1. The summed E-state index contributed by atoms with van der Waals surface area (Å²) in [5.74, 6) is 0.803. The lowest BCUT2D eigenvalue weighted by molar-refractivity contribution is 0.0893. The molecule has 1 aliphatic heterocycles. The lowest BCUT2D eigenvalue weighted by Crippen LogP contribution is -2.23. The second-order valence-electron chi connectivity index (χ2n) is 4.53. The molecule has 0 aromatic heterocycles. The first kappa shape index (κ1) is 11.1. The van der Waals surface area contributed by atoms with E-state index in [1.807, 2.05) is 19.1 Å². The predicted molar refractivity (Wildman–Crippen MR) is 65.3 cm³/mol.